The molecule has 5 aromatic rings. The summed E-state index contributed by atoms with van der Waals surface area (Å²) in [6, 6.07) is 23.1. The van der Waals surface area contributed by atoms with Crippen molar-refractivity contribution in [2.75, 3.05) is 18.4 Å². The van der Waals surface area contributed by atoms with Crippen molar-refractivity contribution in [2.24, 2.45) is 11.7 Å². The van der Waals surface area contributed by atoms with Gasteiger partial charge in [-0.3, -0.25) is 24.0 Å². The first kappa shape index (κ1) is 49.4. The van der Waals surface area contributed by atoms with Gasteiger partial charge >= 0.3 is 17.9 Å². The molecule has 0 spiro atoms. The summed E-state index contributed by atoms with van der Waals surface area (Å²) in [6.07, 6.45) is 0.934. The molecule has 0 saturated carbocycles. The molecule has 0 aliphatic carbocycles. The van der Waals surface area contributed by atoms with Gasteiger partial charge in [-0.2, -0.15) is 0 Å². The number of nitrogens with zero attached hydrogens (tertiary/aromatic N) is 2. The summed E-state index contributed by atoms with van der Waals surface area (Å²) < 4.78 is 13.3. The molecule has 4 atom stereocenters. The molecule has 360 valence electrons. The zero-order valence-electron chi connectivity index (χ0n) is 38.3. The Morgan fingerprint density at radius 3 is 2.42 bits per heavy atom. The first-order valence-corrected chi connectivity index (χ1v) is 23.1. The molecule has 8 N–H and O–H groups in total. The van der Waals surface area contributed by atoms with Gasteiger partial charge in [0.2, 0.25) is 17.4 Å². The van der Waals surface area contributed by atoms with Crippen LogP contribution in [0.1, 0.15) is 91.5 Å². The van der Waals surface area contributed by atoms with Crippen LogP contribution in [0, 0.1) is 5.92 Å². The maximum absolute atomic E-state index is 14.3. The number of aromatic nitrogens is 2. The van der Waals surface area contributed by atoms with Crippen molar-refractivity contribution < 1.29 is 43.3 Å². The summed E-state index contributed by atoms with van der Waals surface area (Å²) in [6.45, 7) is 4.98. The molecule has 0 radical (unpaired) electrons. The fourth-order valence-electron chi connectivity index (χ4n) is 8.51. The van der Waals surface area contributed by atoms with E-state index >= 15 is 0 Å². The normalized spacial score (nSPS) is 15.9. The number of fused-ring (bicyclic) bond motifs is 5. The highest BCUT2D eigenvalue weighted by atomic mass is 32.1. The molecule has 18 nitrogen and oxygen atoms in total. The van der Waals surface area contributed by atoms with Crippen LogP contribution in [-0.2, 0) is 52.2 Å². The molecule has 2 aliphatic rings. The van der Waals surface area contributed by atoms with Gasteiger partial charge in [0.15, 0.2) is 5.11 Å². The summed E-state index contributed by atoms with van der Waals surface area (Å²) in [5.41, 5.74) is 7.55. The number of carboxylic acids is 1. The van der Waals surface area contributed by atoms with E-state index in [4.69, 9.17) is 32.4 Å². The van der Waals surface area contributed by atoms with Crippen LogP contribution in [0.5, 0.6) is 0 Å². The third-order valence-electron chi connectivity index (χ3n) is 12.2. The molecule has 0 fully saturated rings. The minimum Gasteiger partial charge on any atom is -0.481 e. The van der Waals surface area contributed by atoms with E-state index in [1.165, 1.54) is 12.1 Å². The Bertz CT molecular complexity index is 2870. The number of anilines is 1. The van der Waals surface area contributed by atoms with Crippen LogP contribution in [0.3, 0.4) is 0 Å². The Morgan fingerprint density at radius 2 is 1.70 bits per heavy atom. The van der Waals surface area contributed by atoms with Gasteiger partial charge in [0, 0.05) is 27.8 Å². The van der Waals surface area contributed by atoms with Crippen molar-refractivity contribution in [3.63, 3.8) is 0 Å². The first-order chi connectivity index (χ1) is 33.1. The van der Waals surface area contributed by atoms with Crippen molar-refractivity contribution in [1.29, 1.82) is 0 Å². The highest BCUT2D eigenvalue weighted by Crippen LogP contribution is 2.41. The van der Waals surface area contributed by atoms with Gasteiger partial charge in [-0.05, 0) is 92.3 Å². The Hall–Kier alpha value is -7.51. The second-order valence-electron chi connectivity index (χ2n) is 17.2. The number of carbonyl (C=O) groups is 6. The molecule has 0 bridgehead atoms. The van der Waals surface area contributed by atoms with E-state index in [0.29, 0.717) is 42.0 Å². The van der Waals surface area contributed by atoms with E-state index in [0.717, 1.165) is 16.5 Å². The minimum atomic E-state index is -2.01. The third kappa shape index (κ3) is 11.1. The molecule has 69 heavy (non-hydrogen) atoms. The molecule has 2 aromatic heterocycles. The third-order valence-corrected chi connectivity index (χ3v) is 12.4. The van der Waals surface area contributed by atoms with Crippen LogP contribution in [0.25, 0.3) is 22.3 Å². The number of aliphatic carboxylic acids is 1. The van der Waals surface area contributed by atoms with Crippen LogP contribution in [0.4, 0.5) is 5.69 Å². The molecule has 3 aromatic carbocycles. The smallest absolute Gasteiger partial charge is 0.355 e. The molecule has 2 aliphatic heterocycles. The van der Waals surface area contributed by atoms with Gasteiger partial charge < -0.3 is 51.5 Å². The number of esters is 2. The second kappa shape index (κ2) is 21.6. The number of nitrogens with two attached hydrogens (primary N) is 1. The number of rotatable bonds is 19. The monoisotopic (exact) mass is 958 g/mol. The number of para-hydroxylation sites is 1. The largest absolute Gasteiger partial charge is 0.481 e. The standard InChI is InChI=1S/C50H54N8O10S/c1-4-50(35-23-39-43-32(21-30-15-8-9-18-36(30)55-43)26-58(39)46(64)34(35)27-67-48(50)66)68-47(65)42(28(2)3)57-45(63)37(19-10-11-20-51)56-49(69)53-33-17-12-16-31(22-33)44(62)52-25-40(59)54-38(24-41(60)61)29-13-6-5-7-14-29/h5-9,12-18,21-23,28,37-38,42H,4,10-11,19-20,24-27,51H2,1-3H3,(H,52,62)(H,54,59)(H,57,63)(H,60,61)(H2,53,56,69)/t37-,38?,42+,50-/m0/s1. The van der Waals surface area contributed by atoms with Crippen molar-refractivity contribution in [3.8, 4) is 11.4 Å². The average molecular weight is 959 g/mol. The van der Waals surface area contributed by atoms with Crippen LogP contribution < -0.4 is 37.9 Å². The van der Waals surface area contributed by atoms with E-state index in [2.05, 4.69) is 26.6 Å². The summed E-state index contributed by atoms with van der Waals surface area (Å²) in [7, 11) is 0. The Labute approximate surface area is 402 Å². The lowest BCUT2D eigenvalue weighted by atomic mass is 9.85. The van der Waals surface area contributed by atoms with Gasteiger partial charge in [-0.1, -0.05) is 75.4 Å². The van der Waals surface area contributed by atoms with Gasteiger partial charge in [-0.25, -0.2) is 14.6 Å². The summed E-state index contributed by atoms with van der Waals surface area (Å²) >= 11 is 5.62. The molecular formula is C50H54N8O10S. The predicted octanol–water partition coefficient (Wildman–Crippen LogP) is 4.32. The number of carboxylic acid groups (broad SMARTS) is 1. The number of amides is 3. The molecule has 3 amide bonds. The van der Waals surface area contributed by atoms with Crippen molar-refractivity contribution in [3.05, 3.63) is 129 Å². The Kier molecular flexibility index (Phi) is 15.5. The molecule has 19 heteroatoms. The number of benzene rings is 3. The number of pyridine rings is 2. The summed E-state index contributed by atoms with van der Waals surface area (Å²) in [4.78, 5) is 98.7. The maximum Gasteiger partial charge on any atom is 0.355 e. The lowest BCUT2D eigenvalue weighted by Crippen LogP contribution is -2.56. The number of ether oxygens (including phenoxy) is 2. The summed E-state index contributed by atoms with van der Waals surface area (Å²) in [5, 5.41) is 24.3. The fraction of sp³-hybridized carbons (Fsp3) is 0.340. The van der Waals surface area contributed by atoms with Crippen molar-refractivity contribution in [2.45, 2.75) is 89.8 Å². The number of unbranched alkanes of at least 4 members (excludes halogenated alkanes) is 1. The van der Waals surface area contributed by atoms with E-state index in [1.54, 1.807) is 73.9 Å². The summed E-state index contributed by atoms with van der Waals surface area (Å²) in [5.74, 6) is -5.17. The fourth-order valence-corrected chi connectivity index (χ4v) is 8.77. The molecule has 0 saturated heterocycles. The average Bonchev–Trinajstić information content (AvgIpc) is 3.69. The van der Waals surface area contributed by atoms with Crippen LogP contribution in [0.15, 0.2) is 95.8 Å². The van der Waals surface area contributed by atoms with Gasteiger partial charge in [0.1, 0.15) is 18.7 Å². The van der Waals surface area contributed by atoms with E-state index < -0.39 is 71.8 Å². The zero-order valence-corrected chi connectivity index (χ0v) is 39.2. The minimum absolute atomic E-state index is 0.0169. The van der Waals surface area contributed by atoms with Crippen LogP contribution in [-0.4, -0.2) is 80.6 Å². The number of thiocarbonyl (C=S) groups is 1. The maximum atomic E-state index is 14.3. The van der Waals surface area contributed by atoms with Crippen molar-refractivity contribution in [1.82, 2.24) is 30.8 Å². The number of nitrogens with one attached hydrogen (secondary N) is 5. The highest BCUT2D eigenvalue weighted by molar-refractivity contribution is 7.80. The highest BCUT2D eigenvalue weighted by Gasteiger charge is 2.51. The lowest BCUT2D eigenvalue weighted by molar-refractivity contribution is -0.191. The zero-order chi connectivity index (χ0) is 49.4. The SMILES string of the molecule is CC[C@@]1(OC(=O)[C@H](NC(=O)[C@H](CCCCN)NC(=S)Nc2cccc(C(=O)NCC(=O)NC(CC(=O)O)c3ccccc3)c2)C(C)C)C(=O)OCc2c1cc1n(c2=O)Cc2cc3ccccc3nc2-1. The van der Waals surface area contributed by atoms with E-state index in [-0.39, 0.29) is 59.8 Å². The van der Waals surface area contributed by atoms with Gasteiger partial charge in [0.05, 0.1) is 48.0 Å². The second-order valence-corrected chi connectivity index (χ2v) is 17.6. The molecule has 7 rings (SSSR count). The molecular weight excluding hydrogens is 905 g/mol. The predicted molar refractivity (Wildman–Crippen MR) is 260 cm³/mol. The van der Waals surface area contributed by atoms with Crippen LogP contribution >= 0.6 is 12.2 Å². The van der Waals surface area contributed by atoms with Gasteiger partial charge in [-0.15, -0.1) is 0 Å². The first-order valence-electron chi connectivity index (χ1n) is 22.7. The Balaban J connectivity index is 1.02. The van der Waals surface area contributed by atoms with Gasteiger partial charge in [0.25, 0.3) is 11.5 Å². The quantitative estimate of drug-likeness (QED) is 0.0339. The van der Waals surface area contributed by atoms with E-state index in [9.17, 15) is 38.7 Å². The van der Waals surface area contributed by atoms with Crippen molar-refractivity contribution >= 4 is 69.6 Å². The number of cyclic esters (lactones) is 1. The Morgan fingerprint density at radius 1 is 0.942 bits per heavy atom. The lowest BCUT2D eigenvalue weighted by Gasteiger charge is -2.37. The number of hydrogen-bond donors (Lipinski definition) is 7. The molecule has 1 unspecified atom stereocenters. The topological polar surface area (TPSA) is 262 Å². The number of hydrogen-bond acceptors (Lipinski definition) is 12. The number of carbonyl (C=O) groups excluding carboxylic acids is 5. The van der Waals surface area contributed by atoms with E-state index in [1.807, 2.05) is 30.3 Å². The van der Waals surface area contributed by atoms with Crippen LogP contribution in [0.2, 0.25) is 0 Å². The molecule has 4 heterocycles.